The normalized spacial score (nSPS) is 10.8. The van der Waals surface area contributed by atoms with Crippen molar-refractivity contribution in [3.63, 3.8) is 0 Å². The van der Waals surface area contributed by atoms with Crippen molar-refractivity contribution in [1.29, 1.82) is 0 Å². The number of rotatable bonds is 18. The summed E-state index contributed by atoms with van der Waals surface area (Å²) in [7, 11) is 2.28. The second-order valence-electron chi connectivity index (χ2n) is 6.23. The van der Waals surface area contributed by atoms with Gasteiger partial charge in [0, 0.05) is 68.5 Å². The summed E-state index contributed by atoms with van der Waals surface area (Å²) in [6, 6.07) is 0.833. The molecule has 0 aromatic carbocycles. The molecule has 0 aliphatic carbocycles. The van der Waals surface area contributed by atoms with E-state index in [9.17, 15) is 0 Å². The highest BCUT2D eigenvalue weighted by Gasteiger charge is 2.37. The van der Waals surface area contributed by atoms with E-state index in [4.69, 9.17) is 39.8 Å². The van der Waals surface area contributed by atoms with Crippen LogP contribution in [0.5, 0.6) is 0 Å². The number of thiol groups is 2. The van der Waals surface area contributed by atoms with Crippen molar-refractivity contribution >= 4 is 51.7 Å². The van der Waals surface area contributed by atoms with Crippen LogP contribution in [0, 0.1) is 6.92 Å². The molecule has 0 spiro atoms. The highest BCUT2D eigenvalue weighted by Crippen LogP contribution is 2.15. The van der Waals surface area contributed by atoms with Gasteiger partial charge >= 0.3 is 26.4 Å². The fourth-order valence-electron chi connectivity index (χ4n) is 2.26. The van der Waals surface area contributed by atoms with Gasteiger partial charge in [0.15, 0.2) is 0 Å². The van der Waals surface area contributed by atoms with Gasteiger partial charge in [-0.15, -0.1) is 0 Å². The maximum absolute atomic E-state index is 5.44. The molecule has 1 radical (unpaired) electrons. The summed E-state index contributed by atoms with van der Waals surface area (Å²) in [5.41, 5.74) is 3.25. The van der Waals surface area contributed by atoms with Crippen LogP contribution in [0.25, 0.3) is 0 Å². The van der Waals surface area contributed by atoms with Gasteiger partial charge in [-0.1, -0.05) is 33.9 Å². The minimum absolute atomic E-state index is 0.595. The molecular weight excluding hydrogens is 581 g/mol. The Labute approximate surface area is 249 Å². The zero-order valence-electron chi connectivity index (χ0n) is 26.0. The van der Waals surface area contributed by atoms with Gasteiger partial charge in [0.1, 0.15) is 0 Å². The zero-order chi connectivity index (χ0) is 30.9. The van der Waals surface area contributed by atoms with Crippen LogP contribution in [-0.2, 0) is 39.8 Å². The van der Waals surface area contributed by atoms with Crippen LogP contribution in [0.3, 0.4) is 0 Å². The van der Waals surface area contributed by atoms with Gasteiger partial charge in [0.2, 0.25) is 0 Å². The highest BCUT2D eigenvalue weighted by molar-refractivity contribution is 7.80. The van der Waals surface area contributed by atoms with E-state index in [2.05, 4.69) is 45.3 Å². The van der Waals surface area contributed by atoms with Gasteiger partial charge in [0.05, 0.1) is 0 Å². The molecule has 233 valence electrons. The topological polar surface area (TPSA) is 83.1 Å². The minimum atomic E-state index is -2.51. The molecule has 0 N–H and O–H groups in total. The summed E-state index contributed by atoms with van der Waals surface area (Å²) in [5.74, 6) is 1.74. The molecule has 14 heteroatoms. The summed E-state index contributed by atoms with van der Waals surface area (Å²) in [5, 5.41) is 0. The molecule has 0 aliphatic rings. The van der Waals surface area contributed by atoms with Crippen molar-refractivity contribution in [3.8, 4) is 0 Å². The van der Waals surface area contributed by atoms with Gasteiger partial charge < -0.3 is 39.8 Å². The predicted octanol–water partition coefficient (Wildman–Crippen LogP) is 5.70. The summed E-state index contributed by atoms with van der Waals surface area (Å²) < 4.78 is 46.8. The third-order valence-corrected chi connectivity index (χ3v) is 12.4. The molecule has 0 aromatic heterocycles. The van der Waals surface area contributed by atoms with E-state index < -0.39 is 26.4 Å². The molecule has 9 nitrogen and oxygen atoms in total. The Kier molecular flexibility index (Phi) is 45.0. The van der Waals surface area contributed by atoms with Gasteiger partial charge in [-0.2, -0.15) is 25.3 Å². The Morgan fingerprint density at radius 3 is 1.05 bits per heavy atom. The van der Waals surface area contributed by atoms with Gasteiger partial charge in [0.25, 0.3) is 0 Å². The molecule has 0 fully saturated rings. The smallest absolute Gasteiger partial charge is 0.377 e. The average molecular weight is 640 g/mol. The SMILES string of the molecule is C=C[Si](OC)(OC)OC.C=C[Si](OCC)(OCC)OCC.CC.CO[Si](CCCS)(OC)OC.[CH2]CCS. The average Bonchev–Trinajstić information content (AvgIpc) is 2.98. The summed E-state index contributed by atoms with van der Waals surface area (Å²) >= 11 is 7.96. The molecule has 0 bridgehead atoms. The van der Waals surface area contributed by atoms with E-state index in [0.717, 1.165) is 30.4 Å². The lowest BCUT2D eigenvalue weighted by molar-refractivity contribution is 0.0843. The highest BCUT2D eigenvalue weighted by atomic mass is 32.1. The van der Waals surface area contributed by atoms with Gasteiger partial charge in [-0.3, -0.25) is 0 Å². The molecule has 0 heterocycles. The van der Waals surface area contributed by atoms with Crippen LogP contribution >= 0.6 is 25.3 Å². The molecule has 0 aromatic rings. The van der Waals surface area contributed by atoms with Crippen LogP contribution in [-0.4, -0.2) is 100 Å². The third kappa shape index (κ3) is 25.4. The van der Waals surface area contributed by atoms with Crippen LogP contribution in [0.4, 0.5) is 0 Å². The van der Waals surface area contributed by atoms with Crippen LogP contribution in [0.1, 0.15) is 47.5 Å². The largest absolute Gasteiger partial charge is 0.528 e. The minimum Gasteiger partial charge on any atom is -0.377 e. The fraction of sp³-hybridized carbons (Fsp3) is 0.792. The Morgan fingerprint density at radius 2 is 0.921 bits per heavy atom. The van der Waals surface area contributed by atoms with E-state index in [1.165, 1.54) is 0 Å². The van der Waals surface area contributed by atoms with Crippen molar-refractivity contribution in [2.45, 2.75) is 53.5 Å². The van der Waals surface area contributed by atoms with E-state index in [1.54, 1.807) is 54.1 Å². The number of hydrogen-bond acceptors (Lipinski definition) is 11. The zero-order valence-corrected chi connectivity index (χ0v) is 30.8. The maximum atomic E-state index is 5.44. The molecule has 0 unspecified atom stereocenters. The first-order valence-electron chi connectivity index (χ1n) is 12.7. The number of hydrogen-bond donors (Lipinski definition) is 2. The first-order valence-corrected chi connectivity index (χ1v) is 19.5. The van der Waals surface area contributed by atoms with Crippen LogP contribution in [0.2, 0.25) is 6.04 Å². The molecule has 0 atom stereocenters. The Morgan fingerprint density at radius 1 is 0.605 bits per heavy atom. The molecule has 0 saturated carbocycles. The first kappa shape index (κ1) is 48.2. The van der Waals surface area contributed by atoms with Crippen molar-refractivity contribution in [3.05, 3.63) is 31.5 Å². The Hall–Kier alpha value is 0.471. The van der Waals surface area contributed by atoms with Crippen molar-refractivity contribution < 1.29 is 39.8 Å². The molecule has 0 saturated heterocycles. The van der Waals surface area contributed by atoms with Crippen molar-refractivity contribution in [2.75, 3.05) is 74.0 Å². The van der Waals surface area contributed by atoms with Crippen molar-refractivity contribution in [1.82, 2.24) is 0 Å². The van der Waals surface area contributed by atoms with E-state index in [1.807, 2.05) is 34.6 Å². The lowest BCUT2D eigenvalue weighted by atomic mass is 10.6. The van der Waals surface area contributed by atoms with Gasteiger partial charge in [-0.05, 0) is 56.5 Å². The molecule has 0 aliphatic heterocycles. The quantitative estimate of drug-likeness (QED) is 0.145. The lowest BCUT2D eigenvalue weighted by Crippen LogP contribution is -2.44. The second kappa shape index (κ2) is 35.5. The lowest BCUT2D eigenvalue weighted by Gasteiger charge is -2.24. The fourth-order valence-corrected chi connectivity index (χ4v) is 7.25. The Balaban J connectivity index is -0.000000130. The molecular formula is C24H59O9S2Si3. The third-order valence-electron chi connectivity index (χ3n) is 4.12. The summed E-state index contributed by atoms with van der Waals surface area (Å²) in [4.78, 5) is 0. The standard InChI is InChI=1S/C8H18O3Si.C6H16O3SSi.C5H12O3Si.C3H7S.C2H6/c1-5-9-12(8-4,10-6-2)11-7-3;1-7-11(8-2,9-3)6-4-5-10;1-5-9(6-2,7-3)8-4;1-2-3-4;1-2/h8H,4-7H2,1-3H3;10H,4-6H2,1-3H3;5H,1H2,2-4H3;4H,1-3H2;1-2H3. The van der Waals surface area contributed by atoms with Crippen molar-refractivity contribution in [2.24, 2.45) is 0 Å². The Bertz CT molecular complexity index is 440. The van der Waals surface area contributed by atoms with E-state index >= 15 is 0 Å². The predicted molar refractivity (Wildman–Crippen MR) is 173 cm³/mol. The molecule has 0 rings (SSSR count). The van der Waals surface area contributed by atoms with E-state index in [-0.39, 0.29) is 0 Å². The summed E-state index contributed by atoms with van der Waals surface area (Å²) in [6.45, 7) is 22.3. The monoisotopic (exact) mass is 639 g/mol. The second-order valence-corrected chi connectivity index (χ2v) is 15.5. The van der Waals surface area contributed by atoms with Gasteiger partial charge in [-0.25, -0.2) is 0 Å². The summed E-state index contributed by atoms with van der Waals surface area (Å²) in [6.07, 6.45) is 1.90. The maximum Gasteiger partial charge on any atom is 0.528 e. The van der Waals surface area contributed by atoms with Crippen LogP contribution in [0.15, 0.2) is 24.6 Å². The van der Waals surface area contributed by atoms with E-state index in [0.29, 0.717) is 19.8 Å². The first-order chi connectivity index (χ1) is 18.1. The molecule has 0 amide bonds. The van der Waals surface area contributed by atoms with Crippen LogP contribution < -0.4 is 0 Å². The molecule has 38 heavy (non-hydrogen) atoms.